The van der Waals surface area contributed by atoms with Gasteiger partial charge in [0.25, 0.3) is 5.56 Å². The van der Waals surface area contributed by atoms with Crippen LogP contribution in [0.25, 0.3) is 10.9 Å². The molecule has 0 N–H and O–H groups in total. The van der Waals surface area contributed by atoms with Gasteiger partial charge in [-0.2, -0.15) is 0 Å². The summed E-state index contributed by atoms with van der Waals surface area (Å²) < 4.78 is 13.6. The number of aryl methyl sites for hydroxylation is 1. The van der Waals surface area contributed by atoms with E-state index in [1.54, 1.807) is 19.2 Å². The van der Waals surface area contributed by atoms with Crippen LogP contribution in [0.4, 0.5) is 5.69 Å². The Morgan fingerprint density at radius 1 is 0.895 bits per heavy atom. The summed E-state index contributed by atoms with van der Waals surface area (Å²) >= 11 is 1.95. The summed E-state index contributed by atoms with van der Waals surface area (Å²) in [7, 11) is 4.76. The fraction of sp³-hybridized carbons (Fsp3) is 0.517. The topological polar surface area (TPSA) is 68.9 Å². The van der Waals surface area contributed by atoms with Gasteiger partial charge in [-0.1, -0.05) is 25.5 Å². The fourth-order valence-electron chi connectivity index (χ4n) is 5.08. The molecular formula is C29H40N4O4S. The Balaban J connectivity index is 1.29. The zero-order chi connectivity index (χ0) is 27.1. The number of hydrogen-bond acceptors (Lipinski definition) is 7. The number of thioether (sulfide) groups is 1. The monoisotopic (exact) mass is 540 g/mol. The van der Waals surface area contributed by atoms with E-state index in [0.717, 1.165) is 57.7 Å². The Bertz CT molecular complexity index is 1340. The van der Waals surface area contributed by atoms with Gasteiger partial charge in [0, 0.05) is 50.7 Å². The molecule has 8 nitrogen and oxygen atoms in total. The molecule has 9 heteroatoms. The first-order valence-corrected chi connectivity index (χ1v) is 14.5. The number of ether oxygens (including phenoxy) is 2. The maximum atomic E-state index is 13.1. The fourth-order valence-corrected chi connectivity index (χ4v) is 6.02. The summed E-state index contributed by atoms with van der Waals surface area (Å²) in [6, 6.07) is 12.1. The Hall–Kier alpha value is -2.91. The van der Waals surface area contributed by atoms with Crippen molar-refractivity contribution >= 4 is 28.4 Å². The largest absolute Gasteiger partial charge is 0.493 e. The summed E-state index contributed by atoms with van der Waals surface area (Å²) in [6.07, 6.45) is 3.99. The van der Waals surface area contributed by atoms with E-state index in [2.05, 4.69) is 41.0 Å². The number of anilines is 1. The molecule has 0 bridgehead atoms. The van der Waals surface area contributed by atoms with E-state index >= 15 is 0 Å². The third-order valence-corrected chi connectivity index (χ3v) is 8.52. The third kappa shape index (κ3) is 6.21. The number of fused-ring (bicyclic) bond motifs is 1. The number of piperazine rings is 1. The number of para-hydroxylation sites is 1. The number of nitrogens with zero attached hydrogens (tertiary/aromatic N) is 4. The third-order valence-electron chi connectivity index (χ3n) is 7.25. The highest BCUT2D eigenvalue weighted by Crippen LogP contribution is 2.31. The number of aromatic nitrogens is 2. The van der Waals surface area contributed by atoms with Gasteiger partial charge < -0.3 is 14.4 Å². The van der Waals surface area contributed by atoms with Crippen LogP contribution in [0, 0.1) is 0 Å². The lowest BCUT2D eigenvalue weighted by molar-refractivity contribution is 0.251. The minimum absolute atomic E-state index is 0.280. The Morgan fingerprint density at radius 2 is 1.58 bits per heavy atom. The summed E-state index contributed by atoms with van der Waals surface area (Å²) in [6.45, 7) is 7.88. The molecule has 1 fully saturated rings. The van der Waals surface area contributed by atoms with Gasteiger partial charge in [0.1, 0.15) is 0 Å². The van der Waals surface area contributed by atoms with E-state index < -0.39 is 0 Å². The van der Waals surface area contributed by atoms with Crippen LogP contribution in [0.3, 0.4) is 0 Å². The highest BCUT2D eigenvalue weighted by molar-refractivity contribution is 7.99. The number of benzene rings is 2. The lowest BCUT2D eigenvalue weighted by Gasteiger charge is -2.37. The molecule has 0 aliphatic carbocycles. The molecule has 1 aromatic heterocycles. The normalized spacial score (nSPS) is 14.3. The van der Waals surface area contributed by atoms with E-state index in [1.807, 2.05) is 11.8 Å². The molecule has 0 unspecified atom stereocenters. The Kier molecular flexibility index (Phi) is 9.80. The quantitative estimate of drug-likeness (QED) is 0.252. The van der Waals surface area contributed by atoms with Crippen LogP contribution in [0.1, 0.15) is 32.6 Å². The molecule has 3 aromatic rings. The average molecular weight is 541 g/mol. The van der Waals surface area contributed by atoms with Crippen molar-refractivity contribution in [2.75, 3.05) is 57.6 Å². The molecule has 206 valence electrons. The second-order valence-electron chi connectivity index (χ2n) is 9.73. The van der Waals surface area contributed by atoms with Gasteiger partial charge in [-0.15, -0.1) is 11.8 Å². The summed E-state index contributed by atoms with van der Waals surface area (Å²) in [5, 5.41) is 0.456. The number of rotatable bonds is 12. The van der Waals surface area contributed by atoms with Crippen molar-refractivity contribution in [2.24, 2.45) is 7.05 Å². The Morgan fingerprint density at radius 3 is 2.29 bits per heavy atom. The molecule has 1 aliphatic heterocycles. The maximum Gasteiger partial charge on any atom is 0.331 e. The van der Waals surface area contributed by atoms with Crippen LogP contribution in [-0.2, 0) is 13.6 Å². The van der Waals surface area contributed by atoms with Gasteiger partial charge >= 0.3 is 5.69 Å². The van der Waals surface area contributed by atoms with Crippen molar-refractivity contribution in [3.8, 4) is 11.5 Å². The van der Waals surface area contributed by atoms with Crippen molar-refractivity contribution in [3.05, 3.63) is 57.2 Å². The van der Waals surface area contributed by atoms with Crippen molar-refractivity contribution < 1.29 is 9.47 Å². The molecule has 38 heavy (non-hydrogen) atoms. The van der Waals surface area contributed by atoms with Crippen LogP contribution in [0.2, 0.25) is 0 Å². The maximum absolute atomic E-state index is 13.1. The van der Waals surface area contributed by atoms with Crippen LogP contribution in [0.5, 0.6) is 11.5 Å². The lowest BCUT2D eigenvalue weighted by atomic mass is 10.2. The SMILES string of the molecule is CCCSc1ccccc1N1CCN(CCCCCn2c(=O)c3cc(OC)c(OC)cc3n(C)c2=O)CC1. The molecular weight excluding hydrogens is 500 g/mol. The highest BCUT2D eigenvalue weighted by Gasteiger charge is 2.19. The van der Waals surface area contributed by atoms with Crippen molar-refractivity contribution in [2.45, 2.75) is 44.0 Å². The van der Waals surface area contributed by atoms with E-state index in [1.165, 1.54) is 40.4 Å². The van der Waals surface area contributed by atoms with Gasteiger partial charge in [-0.25, -0.2) is 4.79 Å². The van der Waals surface area contributed by atoms with Crippen LogP contribution in [-0.4, -0.2) is 66.7 Å². The number of hydrogen-bond donors (Lipinski definition) is 0. The standard InChI is InChI=1S/C29H40N4O4S/c1-5-19-38-27-12-8-7-11-23(27)32-17-15-31(16-18-32)13-9-6-10-14-33-28(34)22-20-25(36-3)26(37-4)21-24(22)30(2)29(33)35/h7-8,11-12,20-21H,5-6,9-10,13-19H2,1-4H3. The number of methoxy groups -OCH3 is 2. The molecule has 0 saturated carbocycles. The molecule has 2 heterocycles. The minimum Gasteiger partial charge on any atom is -0.493 e. The van der Waals surface area contributed by atoms with Gasteiger partial charge in [-0.3, -0.25) is 18.8 Å². The molecule has 4 rings (SSSR count). The summed E-state index contributed by atoms with van der Waals surface area (Å²) in [4.78, 5) is 32.5. The van der Waals surface area contributed by atoms with Crippen LogP contribution >= 0.6 is 11.8 Å². The van der Waals surface area contributed by atoms with Gasteiger partial charge in [0.05, 0.1) is 30.8 Å². The van der Waals surface area contributed by atoms with Crippen LogP contribution in [0.15, 0.2) is 50.9 Å². The summed E-state index contributed by atoms with van der Waals surface area (Å²) in [5.41, 5.74) is 1.32. The second kappa shape index (κ2) is 13.2. The lowest BCUT2D eigenvalue weighted by Crippen LogP contribution is -2.46. The summed E-state index contributed by atoms with van der Waals surface area (Å²) in [5.74, 6) is 2.12. The van der Waals surface area contributed by atoms with Crippen molar-refractivity contribution in [1.29, 1.82) is 0 Å². The van der Waals surface area contributed by atoms with E-state index in [9.17, 15) is 9.59 Å². The molecule has 2 aromatic carbocycles. The average Bonchev–Trinajstić information content (AvgIpc) is 2.96. The molecule has 0 atom stereocenters. The van der Waals surface area contributed by atoms with E-state index in [-0.39, 0.29) is 11.2 Å². The first kappa shape index (κ1) is 28.1. The highest BCUT2D eigenvalue weighted by atomic mass is 32.2. The molecule has 1 aliphatic rings. The van der Waals surface area contributed by atoms with Crippen molar-refractivity contribution in [1.82, 2.24) is 14.0 Å². The zero-order valence-corrected chi connectivity index (χ0v) is 23.9. The Labute approximate surface area is 229 Å². The van der Waals surface area contributed by atoms with Gasteiger partial charge in [0.15, 0.2) is 11.5 Å². The predicted molar refractivity (Wildman–Crippen MR) is 157 cm³/mol. The first-order chi connectivity index (χ1) is 18.5. The van der Waals surface area contributed by atoms with E-state index in [0.29, 0.717) is 28.9 Å². The van der Waals surface area contributed by atoms with E-state index in [4.69, 9.17) is 9.47 Å². The first-order valence-electron chi connectivity index (χ1n) is 13.5. The second-order valence-corrected chi connectivity index (χ2v) is 10.9. The molecule has 0 amide bonds. The molecule has 0 radical (unpaired) electrons. The zero-order valence-electron chi connectivity index (χ0n) is 23.1. The number of unbranched alkanes of at least 4 members (excludes halogenated alkanes) is 2. The smallest absolute Gasteiger partial charge is 0.331 e. The van der Waals surface area contributed by atoms with Gasteiger partial charge in [-0.05, 0) is 49.8 Å². The van der Waals surface area contributed by atoms with Crippen LogP contribution < -0.4 is 25.6 Å². The molecule has 1 saturated heterocycles. The molecule has 0 spiro atoms. The van der Waals surface area contributed by atoms with Gasteiger partial charge in [0.2, 0.25) is 0 Å². The predicted octanol–water partition coefficient (Wildman–Crippen LogP) is 4.21. The minimum atomic E-state index is -0.303. The van der Waals surface area contributed by atoms with Crippen molar-refractivity contribution in [3.63, 3.8) is 0 Å².